The van der Waals surface area contributed by atoms with Gasteiger partial charge in [-0.1, -0.05) is 0 Å². The summed E-state index contributed by atoms with van der Waals surface area (Å²) >= 11 is 0. The summed E-state index contributed by atoms with van der Waals surface area (Å²) in [5.74, 6) is 1.50. The number of aromatic nitrogens is 2. The lowest BCUT2D eigenvalue weighted by Gasteiger charge is -2.11. The Morgan fingerprint density at radius 3 is 2.86 bits per heavy atom. The Labute approximate surface area is 84.8 Å². The van der Waals surface area contributed by atoms with Crippen LogP contribution < -0.4 is 5.73 Å². The molecule has 76 valence electrons. The molecule has 1 unspecified atom stereocenters. The van der Waals surface area contributed by atoms with Crippen LogP contribution in [0.1, 0.15) is 41.5 Å². The zero-order chi connectivity index (χ0) is 10.1. The van der Waals surface area contributed by atoms with Crippen LogP contribution in [0.3, 0.4) is 0 Å². The van der Waals surface area contributed by atoms with Gasteiger partial charge < -0.3 is 5.73 Å². The third-order valence-corrected chi connectivity index (χ3v) is 2.98. The van der Waals surface area contributed by atoms with Crippen molar-refractivity contribution in [2.24, 2.45) is 5.73 Å². The Kier molecular flexibility index (Phi) is 2.50. The minimum atomic E-state index is 0.607. The molecule has 0 aliphatic heterocycles. The smallest absolute Gasteiger partial charge is 0.125 e. The van der Waals surface area contributed by atoms with Gasteiger partial charge in [-0.25, -0.2) is 9.97 Å². The molecule has 0 spiro atoms. The van der Waals surface area contributed by atoms with Crippen molar-refractivity contribution < 1.29 is 0 Å². The minimum absolute atomic E-state index is 0.607. The van der Waals surface area contributed by atoms with Gasteiger partial charge >= 0.3 is 0 Å². The highest BCUT2D eigenvalue weighted by atomic mass is 14.9. The SMILES string of the molecule is Cc1nc(C)c2c(n1)CCC2CCN. The number of hydrogen-bond acceptors (Lipinski definition) is 3. The lowest BCUT2D eigenvalue weighted by molar-refractivity contribution is 0.623. The topological polar surface area (TPSA) is 51.8 Å². The van der Waals surface area contributed by atoms with Gasteiger partial charge in [-0.15, -0.1) is 0 Å². The number of rotatable bonds is 2. The summed E-state index contributed by atoms with van der Waals surface area (Å²) in [6, 6.07) is 0. The van der Waals surface area contributed by atoms with Crippen molar-refractivity contribution >= 4 is 0 Å². The van der Waals surface area contributed by atoms with E-state index < -0.39 is 0 Å². The van der Waals surface area contributed by atoms with Crippen LogP contribution in [0.2, 0.25) is 0 Å². The molecular weight excluding hydrogens is 174 g/mol. The molecule has 3 nitrogen and oxygen atoms in total. The molecule has 0 fully saturated rings. The highest BCUT2D eigenvalue weighted by Crippen LogP contribution is 2.35. The average molecular weight is 191 g/mol. The molecule has 0 bridgehead atoms. The van der Waals surface area contributed by atoms with Crippen LogP contribution in [0, 0.1) is 13.8 Å². The fourth-order valence-corrected chi connectivity index (χ4v) is 2.46. The maximum absolute atomic E-state index is 5.60. The summed E-state index contributed by atoms with van der Waals surface area (Å²) in [6.45, 7) is 4.81. The predicted molar refractivity (Wildman–Crippen MR) is 56.2 cm³/mol. The van der Waals surface area contributed by atoms with Crippen LogP contribution >= 0.6 is 0 Å². The van der Waals surface area contributed by atoms with E-state index in [2.05, 4.69) is 16.9 Å². The third kappa shape index (κ3) is 1.52. The van der Waals surface area contributed by atoms with Crippen molar-refractivity contribution in [3.8, 4) is 0 Å². The molecule has 1 aliphatic carbocycles. The van der Waals surface area contributed by atoms with Crippen molar-refractivity contribution in [1.82, 2.24) is 9.97 Å². The molecule has 1 aromatic heterocycles. The number of fused-ring (bicyclic) bond motifs is 1. The molecule has 2 N–H and O–H groups in total. The first-order chi connectivity index (χ1) is 6.72. The summed E-state index contributed by atoms with van der Waals surface area (Å²) in [7, 11) is 0. The normalized spacial score (nSPS) is 19.8. The third-order valence-electron chi connectivity index (χ3n) is 2.98. The molecule has 14 heavy (non-hydrogen) atoms. The van der Waals surface area contributed by atoms with E-state index in [-0.39, 0.29) is 0 Å². The molecule has 1 aromatic rings. The van der Waals surface area contributed by atoms with E-state index >= 15 is 0 Å². The van der Waals surface area contributed by atoms with Crippen molar-refractivity contribution in [2.45, 2.75) is 39.0 Å². The van der Waals surface area contributed by atoms with Gasteiger partial charge in [-0.05, 0) is 51.1 Å². The van der Waals surface area contributed by atoms with Crippen LogP contribution in [-0.4, -0.2) is 16.5 Å². The fraction of sp³-hybridized carbons (Fsp3) is 0.636. The van der Waals surface area contributed by atoms with Crippen molar-refractivity contribution in [1.29, 1.82) is 0 Å². The van der Waals surface area contributed by atoms with Crippen LogP contribution in [0.5, 0.6) is 0 Å². The summed E-state index contributed by atoms with van der Waals surface area (Å²) in [6.07, 6.45) is 3.37. The van der Waals surface area contributed by atoms with E-state index in [1.807, 2.05) is 6.92 Å². The van der Waals surface area contributed by atoms with Crippen LogP contribution in [0.15, 0.2) is 0 Å². The Hall–Kier alpha value is -0.960. The Morgan fingerprint density at radius 1 is 1.36 bits per heavy atom. The Bertz CT molecular complexity index is 347. The van der Waals surface area contributed by atoms with Gasteiger partial charge in [-0.2, -0.15) is 0 Å². The standard InChI is InChI=1S/C11H17N3/c1-7-11-9(5-6-12)3-4-10(11)14-8(2)13-7/h9H,3-6,12H2,1-2H3. The van der Waals surface area contributed by atoms with E-state index in [1.54, 1.807) is 0 Å². The van der Waals surface area contributed by atoms with Gasteiger partial charge in [0.15, 0.2) is 0 Å². The Balaban J connectivity index is 2.39. The van der Waals surface area contributed by atoms with Gasteiger partial charge in [0.05, 0.1) is 0 Å². The summed E-state index contributed by atoms with van der Waals surface area (Å²) in [5, 5.41) is 0. The number of nitrogens with zero attached hydrogens (tertiary/aromatic N) is 2. The molecule has 0 saturated heterocycles. The van der Waals surface area contributed by atoms with Crippen LogP contribution in [0.4, 0.5) is 0 Å². The fourth-order valence-electron chi connectivity index (χ4n) is 2.46. The average Bonchev–Trinajstić information content (AvgIpc) is 2.49. The van der Waals surface area contributed by atoms with Gasteiger partial charge in [-0.3, -0.25) is 0 Å². The van der Waals surface area contributed by atoms with E-state index in [0.29, 0.717) is 5.92 Å². The van der Waals surface area contributed by atoms with Gasteiger partial charge in [0.1, 0.15) is 5.82 Å². The maximum atomic E-state index is 5.60. The molecule has 1 heterocycles. The van der Waals surface area contributed by atoms with Gasteiger partial charge in [0.2, 0.25) is 0 Å². The summed E-state index contributed by atoms with van der Waals surface area (Å²) < 4.78 is 0. The molecule has 0 radical (unpaired) electrons. The van der Waals surface area contributed by atoms with E-state index in [1.165, 1.54) is 17.7 Å². The summed E-state index contributed by atoms with van der Waals surface area (Å²) in [4.78, 5) is 8.92. The molecule has 1 aliphatic rings. The molecule has 1 atom stereocenters. The first kappa shape index (κ1) is 9.59. The van der Waals surface area contributed by atoms with E-state index in [0.717, 1.165) is 30.9 Å². The minimum Gasteiger partial charge on any atom is -0.330 e. The predicted octanol–water partition coefficient (Wildman–Crippen LogP) is 1.47. The number of hydrogen-bond donors (Lipinski definition) is 1. The number of aryl methyl sites for hydroxylation is 3. The largest absolute Gasteiger partial charge is 0.330 e. The Morgan fingerprint density at radius 2 is 2.14 bits per heavy atom. The van der Waals surface area contributed by atoms with Gasteiger partial charge in [0, 0.05) is 11.4 Å². The van der Waals surface area contributed by atoms with Crippen LogP contribution in [-0.2, 0) is 6.42 Å². The zero-order valence-electron chi connectivity index (χ0n) is 8.88. The summed E-state index contributed by atoms with van der Waals surface area (Å²) in [5.41, 5.74) is 9.39. The van der Waals surface area contributed by atoms with Crippen molar-refractivity contribution in [2.75, 3.05) is 6.54 Å². The first-order valence-electron chi connectivity index (χ1n) is 5.26. The monoisotopic (exact) mass is 191 g/mol. The quantitative estimate of drug-likeness (QED) is 0.770. The van der Waals surface area contributed by atoms with E-state index in [4.69, 9.17) is 5.73 Å². The molecule has 3 heteroatoms. The second-order valence-electron chi connectivity index (χ2n) is 4.03. The molecule has 0 aromatic carbocycles. The molecular formula is C11H17N3. The lowest BCUT2D eigenvalue weighted by atomic mass is 9.98. The zero-order valence-corrected chi connectivity index (χ0v) is 8.88. The molecule has 0 saturated carbocycles. The molecule has 0 amide bonds. The van der Waals surface area contributed by atoms with Crippen molar-refractivity contribution in [3.63, 3.8) is 0 Å². The van der Waals surface area contributed by atoms with Gasteiger partial charge in [0.25, 0.3) is 0 Å². The number of nitrogens with two attached hydrogens (primary N) is 1. The van der Waals surface area contributed by atoms with Crippen LogP contribution in [0.25, 0.3) is 0 Å². The maximum Gasteiger partial charge on any atom is 0.125 e. The molecule has 2 rings (SSSR count). The van der Waals surface area contributed by atoms with Crippen molar-refractivity contribution in [3.05, 3.63) is 22.8 Å². The first-order valence-corrected chi connectivity index (χ1v) is 5.26. The lowest BCUT2D eigenvalue weighted by Crippen LogP contribution is -2.07. The highest BCUT2D eigenvalue weighted by molar-refractivity contribution is 5.33. The van der Waals surface area contributed by atoms with E-state index in [9.17, 15) is 0 Å². The highest BCUT2D eigenvalue weighted by Gasteiger charge is 2.25. The second-order valence-corrected chi connectivity index (χ2v) is 4.03. The second kappa shape index (κ2) is 3.65.